The summed E-state index contributed by atoms with van der Waals surface area (Å²) in [7, 11) is 0. The molecule has 376 valence electrons. The molecule has 0 aliphatic heterocycles. The van der Waals surface area contributed by atoms with Gasteiger partial charge in [-0.25, -0.2) is 13.2 Å². The van der Waals surface area contributed by atoms with E-state index >= 15 is 0 Å². The number of ketones is 2. The summed E-state index contributed by atoms with van der Waals surface area (Å²) in [6, 6.07) is 26.6. The molecule has 5 aromatic rings. The van der Waals surface area contributed by atoms with E-state index in [-0.39, 0.29) is 65.1 Å². The van der Waals surface area contributed by atoms with Crippen molar-refractivity contribution in [2.45, 2.75) is 115 Å². The monoisotopic (exact) mass is 982 g/mol. The fourth-order valence-corrected chi connectivity index (χ4v) is 8.74. The Kier molecular flexibility index (Phi) is 20.2. The van der Waals surface area contributed by atoms with E-state index in [1.807, 2.05) is 42.5 Å². The van der Waals surface area contributed by atoms with E-state index in [0.717, 1.165) is 97.6 Å². The van der Waals surface area contributed by atoms with Crippen molar-refractivity contribution in [3.8, 4) is 0 Å². The van der Waals surface area contributed by atoms with Gasteiger partial charge in [0.1, 0.15) is 17.5 Å². The molecule has 2 aliphatic carbocycles. The highest BCUT2D eigenvalue weighted by atomic mass is 19.1. The van der Waals surface area contributed by atoms with E-state index in [1.54, 1.807) is 12.2 Å². The third-order valence-corrected chi connectivity index (χ3v) is 12.7. The lowest BCUT2D eigenvalue weighted by Crippen LogP contribution is -2.27. The number of rotatable bonds is 23. The van der Waals surface area contributed by atoms with E-state index in [4.69, 9.17) is 10.8 Å². The van der Waals surface area contributed by atoms with Crippen LogP contribution in [0.4, 0.5) is 24.5 Å². The zero-order valence-electron chi connectivity index (χ0n) is 40.2. The molecule has 11 nitrogen and oxygen atoms in total. The fourth-order valence-electron chi connectivity index (χ4n) is 8.74. The molecule has 0 radical (unpaired) electrons. The molecule has 6 N–H and O–H groups in total. The number of aryl methyl sites for hydroxylation is 2. The minimum absolute atomic E-state index is 0.0504. The lowest BCUT2D eigenvalue weighted by atomic mass is 10.0. The standard InChI is InChI=1S/C32H33F2N3O3.C26H28FNO4/c33-24-12-9-22(10-13-24)32(40)37-29-17-11-23-19-21(8-16-27(23)29)7-15-26(38)5-3-1-2-4-6-31(39)36-30-18-14-25(34)20-28(30)35;27-21-12-9-19(10-13-21)26(32)28-24-16-11-20-17-18(8-15-23(20)24)7-14-22(29)5-3-1-2-4-6-25(30)31/h7-10,12-16,18-20,29H,1-6,11,17,35H2,(H,36,39)(H,37,40);7-10,12-15,17,24H,1-6,11,16H2,(H,28,32)(H,30,31)/b15-7+;14-7+. The number of nitrogens with one attached hydrogen (secondary N) is 3. The van der Waals surface area contributed by atoms with Crippen LogP contribution < -0.4 is 21.7 Å². The number of fused-ring (bicyclic) bond motifs is 2. The van der Waals surface area contributed by atoms with Gasteiger partial charge in [0, 0.05) is 36.8 Å². The first kappa shape index (κ1) is 53.7. The minimum Gasteiger partial charge on any atom is -0.481 e. The molecular weight excluding hydrogens is 922 g/mol. The quantitative estimate of drug-likeness (QED) is 0.0243. The van der Waals surface area contributed by atoms with Crippen LogP contribution in [0.15, 0.2) is 115 Å². The number of nitrogen functional groups attached to an aromatic ring is 1. The molecule has 7 rings (SSSR count). The second-order valence-electron chi connectivity index (χ2n) is 18.2. The van der Waals surface area contributed by atoms with Gasteiger partial charge in [0.05, 0.1) is 23.5 Å². The third kappa shape index (κ3) is 17.1. The molecule has 0 aromatic heterocycles. The lowest BCUT2D eigenvalue weighted by molar-refractivity contribution is -0.137. The molecule has 2 unspecified atom stereocenters. The van der Waals surface area contributed by atoms with Gasteiger partial charge in [-0.3, -0.25) is 28.8 Å². The van der Waals surface area contributed by atoms with Gasteiger partial charge in [-0.2, -0.15) is 0 Å². The lowest BCUT2D eigenvalue weighted by Gasteiger charge is -2.14. The molecule has 2 atom stereocenters. The van der Waals surface area contributed by atoms with Crippen molar-refractivity contribution in [1.82, 2.24) is 10.6 Å². The van der Waals surface area contributed by atoms with Gasteiger partial charge in [-0.15, -0.1) is 0 Å². The maximum absolute atomic E-state index is 13.1. The molecule has 2 aliphatic rings. The summed E-state index contributed by atoms with van der Waals surface area (Å²) in [5.74, 6) is -2.49. The van der Waals surface area contributed by atoms with Crippen molar-refractivity contribution in [2.75, 3.05) is 11.1 Å². The number of halogens is 3. The highest BCUT2D eigenvalue weighted by Gasteiger charge is 2.26. The van der Waals surface area contributed by atoms with Crippen molar-refractivity contribution >= 4 is 58.8 Å². The number of hydrogen-bond acceptors (Lipinski definition) is 7. The van der Waals surface area contributed by atoms with E-state index in [9.17, 15) is 41.9 Å². The summed E-state index contributed by atoms with van der Waals surface area (Å²) in [4.78, 5) is 71.9. The summed E-state index contributed by atoms with van der Waals surface area (Å²) in [6.07, 6.45) is 17.7. The Hall–Kier alpha value is -7.61. The van der Waals surface area contributed by atoms with Crippen LogP contribution in [-0.2, 0) is 32.0 Å². The van der Waals surface area contributed by atoms with Crippen LogP contribution in [0.3, 0.4) is 0 Å². The van der Waals surface area contributed by atoms with Gasteiger partial charge in [-0.05, 0) is 164 Å². The zero-order valence-corrected chi connectivity index (χ0v) is 40.2. The number of carboxylic acid groups (broad SMARTS) is 1. The van der Waals surface area contributed by atoms with Crippen LogP contribution in [0, 0.1) is 17.5 Å². The van der Waals surface area contributed by atoms with Crippen LogP contribution in [0.2, 0.25) is 0 Å². The molecule has 0 heterocycles. The highest BCUT2D eigenvalue weighted by molar-refractivity contribution is 5.96. The highest BCUT2D eigenvalue weighted by Crippen LogP contribution is 2.34. The van der Waals surface area contributed by atoms with Crippen LogP contribution >= 0.6 is 0 Å². The van der Waals surface area contributed by atoms with E-state index in [2.05, 4.69) is 22.0 Å². The fraction of sp³-hybridized carbons (Fsp3) is 0.310. The second kappa shape index (κ2) is 27.1. The predicted octanol–water partition coefficient (Wildman–Crippen LogP) is 11.8. The Morgan fingerprint density at radius 1 is 0.528 bits per heavy atom. The van der Waals surface area contributed by atoms with Crippen molar-refractivity contribution < 1.29 is 47.0 Å². The number of carbonyl (C=O) groups is 6. The maximum atomic E-state index is 13.1. The number of allylic oxidation sites excluding steroid dienone is 2. The second-order valence-corrected chi connectivity index (χ2v) is 18.2. The van der Waals surface area contributed by atoms with Crippen molar-refractivity contribution in [3.05, 3.63) is 177 Å². The number of carboxylic acids is 1. The van der Waals surface area contributed by atoms with Crippen molar-refractivity contribution in [2.24, 2.45) is 0 Å². The molecule has 0 fully saturated rings. The van der Waals surface area contributed by atoms with E-state index in [0.29, 0.717) is 48.9 Å². The Bertz CT molecular complexity index is 2770. The molecule has 72 heavy (non-hydrogen) atoms. The van der Waals surface area contributed by atoms with Gasteiger partial charge in [0.2, 0.25) is 5.91 Å². The molecule has 0 saturated heterocycles. The molecule has 14 heteroatoms. The number of anilines is 2. The summed E-state index contributed by atoms with van der Waals surface area (Å²) >= 11 is 0. The number of benzene rings is 5. The van der Waals surface area contributed by atoms with Crippen molar-refractivity contribution in [3.63, 3.8) is 0 Å². The largest absolute Gasteiger partial charge is 0.481 e. The first-order valence-electron chi connectivity index (χ1n) is 24.6. The van der Waals surface area contributed by atoms with E-state index in [1.165, 1.54) is 66.7 Å². The first-order valence-corrected chi connectivity index (χ1v) is 24.6. The van der Waals surface area contributed by atoms with Crippen LogP contribution in [0.25, 0.3) is 12.2 Å². The third-order valence-electron chi connectivity index (χ3n) is 12.7. The SMILES string of the molecule is Nc1cc(F)ccc1NC(=O)CCCCCCC(=O)/C=C/c1ccc2c(c1)CCC2NC(=O)c1ccc(F)cc1.O=C(O)CCCCCCC(=O)/C=C/c1ccc2c(c1)CCC2NC(=O)c1ccc(F)cc1. The Labute approximate surface area is 418 Å². The van der Waals surface area contributed by atoms with Gasteiger partial charge in [-0.1, -0.05) is 74.2 Å². The smallest absolute Gasteiger partial charge is 0.303 e. The number of nitrogens with two attached hydrogens (primary N) is 1. The van der Waals surface area contributed by atoms with Gasteiger partial charge < -0.3 is 26.8 Å². The summed E-state index contributed by atoms with van der Waals surface area (Å²) in [5, 5.41) is 17.3. The average molecular weight is 983 g/mol. The van der Waals surface area contributed by atoms with Gasteiger partial charge in [0.15, 0.2) is 11.6 Å². The molecule has 0 spiro atoms. The van der Waals surface area contributed by atoms with Crippen molar-refractivity contribution in [1.29, 1.82) is 0 Å². The number of unbranched alkanes of at least 4 members (excludes halogenated alkanes) is 6. The van der Waals surface area contributed by atoms with Gasteiger partial charge >= 0.3 is 5.97 Å². The topological polar surface area (TPSA) is 185 Å². The Morgan fingerprint density at radius 2 is 0.958 bits per heavy atom. The zero-order chi connectivity index (χ0) is 51.4. The summed E-state index contributed by atoms with van der Waals surface area (Å²) in [6.45, 7) is 0. The number of hydrogen-bond donors (Lipinski definition) is 5. The number of carbonyl (C=O) groups excluding carboxylic acids is 5. The normalized spacial score (nSPS) is 14.5. The number of aliphatic carboxylic acids is 1. The van der Waals surface area contributed by atoms with E-state index < -0.39 is 11.8 Å². The van der Waals surface area contributed by atoms with Crippen LogP contribution in [0.5, 0.6) is 0 Å². The number of amides is 3. The molecule has 0 saturated carbocycles. The maximum Gasteiger partial charge on any atom is 0.303 e. The average Bonchev–Trinajstić information content (AvgIpc) is 3.96. The molecule has 0 bridgehead atoms. The van der Waals surface area contributed by atoms with Crippen LogP contribution in [0.1, 0.15) is 156 Å². The van der Waals surface area contributed by atoms with Crippen LogP contribution in [-0.4, -0.2) is 40.4 Å². The predicted molar refractivity (Wildman–Crippen MR) is 273 cm³/mol. The summed E-state index contributed by atoms with van der Waals surface area (Å²) < 4.78 is 39.3. The molecule has 3 amide bonds. The molecular formula is C58H61F3N4O7. The Balaban J connectivity index is 0.000000241. The van der Waals surface area contributed by atoms with Gasteiger partial charge in [0.25, 0.3) is 11.8 Å². The Morgan fingerprint density at radius 3 is 1.40 bits per heavy atom. The first-order chi connectivity index (χ1) is 34.7. The minimum atomic E-state index is -0.778. The summed E-state index contributed by atoms with van der Waals surface area (Å²) in [5.41, 5.74) is 13.5. The molecule has 5 aromatic carbocycles.